The minimum atomic E-state index is -3.78. The molecule has 38 heavy (non-hydrogen) atoms. The van der Waals surface area contributed by atoms with Crippen molar-refractivity contribution in [1.82, 2.24) is 15.0 Å². The number of aromatic nitrogens is 1. The maximum absolute atomic E-state index is 13.2. The van der Waals surface area contributed by atoms with Gasteiger partial charge in [-0.05, 0) is 86.7 Å². The van der Waals surface area contributed by atoms with Crippen molar-refractivity contribution in [3.63, 3.8) is 0 Å². The lowest BCUT2D eigenvalue weighted by molar-refractivity contribution is -0.0257. The van der Waals surface area contributed by atoms with Crippen LogP contribution < -0.4 is 14.9 Å². The summed E-state index contributed by atoms with van der Waals surface area (Å²) in [6.07, 6.45) is 4.58. The van der Waals surface area contributed by atoms with Gasteiger partial charge in [0.25, 0.3) is 5.91 Å². The number of carbonyl (C=O) groups excluding carboxylic acids is 1. The molecular weight excluding hydrogens is 500 g/mol. The fourth-order valence-electron chi connectivity index (χ4n) is 5.06. The van der Waals surface area contributed by atoms with Crippen LogP contribution in [0.3, 0.4) is 0 Å². The van der Waals surface area contributed by atoms with Gasteiger partial charge in [-0.25, -0.2) is 18.1 Å². The maximum atomic E-state index is 13.2. The van der Waals surface area contributed by atoms with E-state index >= 15 is 0 Å². The first kappa shape index (κ1) is 26.6. The third kappa shape index (κ3) is 6.00. The summed E-state index contributed by atoms with van der Waals surface area (Å²) in [4.78, 5) is 19.3. The van der Waals surface area contributed by atoms with Gasteiger partial charge in [0.1, 0.15) is 5.82 Å². The molecule has 0 bridgehead atoms. The van der Waals surface area contributed by atoms with Gasteiger partial charge in [0.15, 0.2) is 0 Å². The van der Waals surface area contributed by atoms with Gasteiger partial charge < -0.3 is 15.0 Å². The van der Waals surface area contributed by atoms with Crippen molar-refractivity contribution < 1.29 is 17.9 Å². The van der Waals surface area contributed by atoms with Gasteiger partial charge in [-0.15, -0.1) is 0 Å². The lowest BCUT2D eigenvalue weighted by Gasteiger charge is -2.34. The quantitative estimate of drug-likeness (QED) is 0.473. The molecule has 1 aromatic heterocycles. The van der Waals surface area contributed by atoms with E-state index in [1.165, 1.54) is 0 Å². The number of anilines is 1. The number of nitrogens with zero attached hydrogens (tertiary/aromatic N) is 2. The molecule has 1 amide bonds. The number of pyridine rings is 1. The molecule has 0 radical (unpaired) electrons. The molecule has 0 aliphatic carbocycles. The van der Waals surface area contributed by atoms with Crippen LogP contribution in [-0.2, 0) is 27.7 Å². The number of rotatable bonds is 7. The Bertz CT molecular complexity index is 1440. The van der Waals surface area contributed by atoms with Gasteiger partial charge in [0.05, 0.1) is 17.1 Å². The first-order chi connectivity index (χ1) is 18.1. The molecule has 3 aromatic rings. The van der Waals surface area contributed by atoms with Crippen LogP contribution in [0, 0.1) is 5.92 Å². The Kier molecular flexibility index (Phi) is 7.44. The highest BCUT2D eigenvalue weighted by Gasteiger charge is 2.24. The van der Waals surface area contributed by atoms with Crippen molar-refractivity contribution in [2.75, 3.05) is 31.1 Å². The Labute approximate surface area is 224 Å². The molecule has 0 atom stereocenters. The Morgan fingerprint density at radius 1 is 1.11 bits per heavy atom. The minimum Gasteiger partial charge on any atom is -0.376 e. The summed E-state index contributed by atoms with van der Waals surface area (Å²) in [5.41, 5.74) is 2.20. The highest BCUT2D eigenvalue weighted by atomic mass is 32.2. The number of amides is 1. The van der Waals surface area contributed by atoms with Crippen molar-refractivity contribution in [3.05, 3.63) is 65.4 Å². The summed E-state index contributed by atoms with van der Waals surface area (Å²) in [5.74, 6) is 1.21. The Morgan fingerprint density at radius 2 is 1.89 bits per heavy atom. The van der Waals surface area contributed by atoms with Gasteiger partial charge >= 0.3 is 0 Å². The molecule has 2 aromatic carbocycles. The van der Waals surface area contributed by atoms with Crippen LogP contribution in [0.1, 0.15) is 55.1 Å². The highest BCUT2D eigenvalue weighted by Crippen LogP contribution is 2.30. The van der Waals surface area contributed by atoms with Gasteiger partial charge in [-0.2, -0.15) is 0 Å². The summed E-state index contributed by atoms with van der Waals surface area (Å²) in [6, 6.07) is 12.6. The highest BCUT2D eigenvalue weighted by molar-refractivity contribution is 7.89. The van der Waals surface area contributed by atoms with Crippen LogP contribution in [0.25, 0.3) is 10.8 Å². The van der Waals surface area contributed by atoms with Crippen molar-refractivity contribution in [2.24, 2.45) is 5.92 Å². The largest absolute Gasteiger partial charge is 0.376 e. The Hall–Kier alpha value is -3.01. The zero-order chi connectivity index (χ0) is 26.9. The first-order valence-electron chi connectivity index (χ1n) is 13.3. The zero-order valence-corrected chi connectivity index (χ0v) is 23.1. The van der Waals surface area contributed by atoms with Crippen LogP contribution in [0.4, 0.5) is 5.82 Å². The molecule has 1 saturated heterocycles. The molecule has 2 aliphatic rings. The number of nitrogens with one attached hydrogen (secondary N) is 2. The zero-order valence-electron chi connectivity index (χ0n) is 22.3. The van der Waals surface area contributed by atoms with E-state index in [-0.39, 0.29) is 22.9 Å². The smallest absolute Gasteiger partial charge is 0.251 e. The Balaban J connectivity index is 1.31. The van der Waals surface area contributed by atoms with Crippen LogP contribution in [0.5, 0.6) is 0 Å². The predicted molar refractivity (Wildman–Crippen MR) is 149 cm³/mol. The van der Waals surface area contributed by atoms with Crippen molar-refractivity contribution >= 4 is 32.5 Å². The summed E-state index contributed by atoms with van der Waals surface area (Å²) < 4.78 is 35.2. The summed E-state index contributed by atoms with van der Waals surface area (Å²) in [7, 11) is -3.78. The van der Waals surface area contributed by atoms with Gasteiger partial charge in [-0.1, -0.05) is 18.2 Å². The number of ether oxygens (including phenoxy) is 1. The Morgan fingerprint density at radius 3 is 2.66 bits per heavy atom. The van der Waals surface area contributed by atoms with Gasteiger partial charge in [-0.3, -0.25) is 4.79 Å². The van der Waals surface area contributed by atoms with Crippen LogP contribution >= 0.6 is 0 Å². The summed E-state index contributed by atoms with van der Waals surface area (Å²) in [5, 5.41) is 4.61. The number of piperidine rings is 1. The normalized spacial score (nSPS) is 16.9. The van der Waals surface area contributed by atoms with E-state index in [1.54, 1.807) is 24.4 Å². The average molecular weight is 537 g/mol. The van der Waals surface area contributed by atoms with Crippen molar-refractivity contribution in [1.29, 1.82) is 0 Å². The maximum Gasteiger partial charge on any atom is 0.251 e. The summed E-state index contributed by atoms with van der Waals surface area (Å²) in [6.45, 7) is 9.42. The molecule has 8 nitrogen and oxygen atoms in total. The molecule has 0 spiro atoms. The fourth-order valence-corrected chi connectivity index (χ4v) is 6.10. The number of benzene rings is 2. The molecule has 202 valence electrons. The SMILES string of the molecule is CC(C)(C)OCC1CCN(c2nccc3ccc(S(=O)(=O)NCc4ccc5c(c4)C(=O)NCC5)cc23)CC1. The standard InChI is InChI=1S/C29H36N4O4S/c1-29(2,3)37-19-20-10-14-33(15-11-20)27-25-17-24(7-6-22(25)8-12-30-27)38(35,36)32-18-21-4-5-23-9-13-31-28(34)26(23)16-21/h4-8,12,16-17,20,32H,9-11,13-15,18-19H2,1-3H3,(H,31,34). The van der Waals surface area contributed by atoms with E-state index in [4.69, 9.17) is 4.74 Å². The molecule has 2 aliphatic heterocycles. The topological polar surface area (TPSA) is 101 Å². The molecule has 5 rings (SSSR count). The second-order valence-electron chi connectivity index (χ2n) is 11.2. The molecule has 2 N–H and O–H groups in total. The van der Waals surface area contributed by atoms with E-state index in [1.807, 2.05) is 24.3 Å². The van der Waals surface area contributed by atoms with Gasteiger partial charge in [0.2, 0.25) is 10.0 Å². The van der Waals surface area contributed by atoms with Crippen LogP contribution in [-0.4, -0.2) is 51.2 Å². The molecular formula is C29H36N4O4S. The molecule has 9 heteroatoms. The number of fused-ring (bicyclic) bond motifs is 2. The third-order valence-corrected chi connectivity index (χ3v) is 8.66. The minimum absolute atomic E-state index is 0.102. The van der Waals surface area contributed by atoms with Gasteiger partial charge in [0, 0.05) is 43.3 Å². The second kappa shape index (κ2) is 10.6. The molecule has 0 saturated carbocycles. The monoisotopic (exact) mass is 536 g/mol. The van der Waals surface area contributed by atoms with E-state index in [0.29, 0.717) is 18.0 Å². The fraction of sp³-hybridized carbons (Fsp3) is 0.448. The number of carbonyl (C=O) groups is 1. The number of sulfonamides is 1. The van der Waals surface area contributed by atoms with E-state index in [0.717, 1.165) is 66.7 Å². The van der Waals surface area contributed by atoms with E-state index < -0.39 is 10.0 Å². The predicted octanol–water partition coefficient (Wildman–Crippen LogP) is 4.03. The van der Waals surface area contributed by atoms with E-state index in [2.05, 4.69) is 40.7 Å². The molecule has 0 unspecified atom stereocenters. The first-order valence-corrected chi connectivity index (χ1v) is 14.7. The van der Waals surface area contributed by atoms with Crippen LogP contribution in [0.15, 0.2) is 53.6 Å². The van der Waals surface area contributed by atoms with Crippen molar-refractivity contribution in [3.8, 4) is 0 Å². The van der Waals surface area contributed by atoms with E-state index in [9.17, 15) is 13.2 Å². The lowest BCUT2D eigenvalue weighted by atomic mass is 9.97. The summed E-state index contributed by atoms with van der Waals surface area (Å²) >= 11 is 0. The number of hydrogen-bond acceptors (Lipinski definition) is 6. The second-order valence-corrected chi connectivity index (χ2v) is 13.0. The van der Waals surface area contributed by atoms with Crippen molar-refractivity contribution in [2.45, 2.75) is 57.1 Å². The third-order valence-electron chi connectivity index (χ3n) is 7.26. The lowest BCUT2D eigenvalue weighted by Crippen LogP contribution is -2.36. The van der Waals surface area contributed by atoms with Crippen LogP contribution in [0.2, 0.25) is 0 Å². The average Bonchev–Trinajstić information content (AvgIpc) is 2.90. The number of hydrogen-bond donors (Lipinski definition) is 2. The molecule has 1 fully saturated rings. The molecule has 3 heterocycles.